The average molecular weight is 299 g/mol. The zero-order chi connectivity index (χ0) is 14.3. The Morgan fingerprint density at radius 2 is 2.05 bits per heavy atom. The first-order valence-electron chi connectivity index (χ1n) is 7.17. The first-order valence-corrected chi connectivity index (χ1v) is 8.61. The van der Waals surface area contributed by atoms with Gasteiger partial charge in [0.1, 0.15) is 4.90 Å². The molecule has 0 unspecified atom stereocenters. The maximum Gasteiger partial charge on any atom is 0.247 e. The number of aromatic amines is 1. The lowest BCUT2D eigenvalue weighted by Crippen LogP contribution is -2.54. The molecule has 1 aromatic rings. The molecule has 2 aliphatic rings. The molecule has 3 rings (SSSR count). The molecule has 20 heavy (non-hydrogen) atoms. The van der Waals surface area contributed by atoms with Crippen molar-refractivity contribution in [1.82, 2.24) is 14.5 Å². The van der Waals surface area contributed by atoms with Gasteiger partial charge in [-0.05, 0) is 26.7 Å². The van der Waals surface area contributed by atoms with E-state index in [-0.39, 0.29) is 12.1 Å². The number of hydrogen-bond acceptors (Lipinski definition) is 4. The van der Waals surface area contributed by atoms with E-state index in [2.05, 4.69) is 10.2 Å². The van der Waals surface area contributed by atoms with Crippen LogP contribution in [0.25, 0.3) is 0 Å². The van der Waals surface area contributed by atoms with Crippen LogP contribution in [0.5, 0.6) is 0 Å². The molecule has 7 heteroatoms. The second-order valence-electron chi connectivity index (χ2n) is 5.64. The van der Waals surface area contributed by atoms with Crippen molar-refractivity contribution in [1.29, 1.82) is 0 Å². The molecule has 2 heterocycles. The van der Waals surface area contributed by atoms with Gasteiger partial charge < -0.3 is 4.74 Å². The minimum atomic E-state index is -3.49. The van der Waals surface area contributed by atoms with E-state index in [1.165, 1.54) is 0 Å². The van der Waals surface area contributed by atoms with Gasteiger partial charge in [0, 0.05) is 6.54 Å². The van der Waals surface area contributed by atoms with Crippen LogP contribution < -0.4 is 0 Å². The molecule has 1 saturated heterocycles. The van der Waals surface area contributed by atoms with Crippen molar-refractivity contribution in [3.05, 3.63) is 11.4 Å². The number of rotatable bonds is 2. The third kappa shape index (κ3) is 2.17. The molecule has 0 radical (unpaired) electrons. The van der Waals surface area contributed by atoms with Crippen LogP contribution in [0.4, 0.5) is 0 Å². The molecule has 6 nitrogen and oxygen atoms in total. The predicted octanol–water partition coefficient (Wildman–Crippen LogP) is 1.36. The Bertz CT molecular complexity index is 575. The first kappa shape index (κ1) is 14.0. The molecule has 0 aromatic carbocycles. The van der Waals surface area contributed by atoms with Crippen molar-refractivity contribution in [2.24, 2.45) is 0 Å². The van der Waals surface area contributed by atoms with Gasteiger partial charge in [0.2, 0.25) is 10.0 Å². The SMILES string of the molecule is Cc1n[nH]c(C)c1S(=O)(=O)N1CCO[C@@H]2CCCC[C@H]21. The summed E-state index contributed by atoms with van der Waals surface area (Å²) < 4.78 is 33.3. The number of aryl methyl sites for hydroxylation is 2. The van der Waals surface area contributed by atoms with Crippen LogP contribution in [0.3, 0.4) is 0 Å². The highest BCUT2D eigenvalue weighted by molar-refractivity contribution is 7.89. The zero-order valence-electron chi connectivity index (χ0n) is 11.9. The van der Waals surface area contributed by atoms with Gasteiger partial charge in [-0.1, -0.05) is 12.8 Å². The summed E-state index contributed by atoms with van der Waals surface area (Å²) in [6.07, 6.45) is 4.10. The van der Waals surface area contributed by atoms with Crippen molar-refractivity contribution >= 4 is 10.0 Å². The van der Waals surface area contributed by atoms with Crippen molar-refractivity contribution in [3.8, 4) is 0 Å². The molecule has 1 N–H and O–H groups in total. The molecular formula is C13H21N3O3S. The third-order valence-corrected chi connectivity index (χ3v) is 6.50. The van der Waals surface area contributed by atoms with Gasteiger partial charge in [-0.15, -0.1) is 0 Å². The van der Waals surface area contributed by atoms with Gasteiger partial charge in [-0.25, -0.2) is 8.42 Å². The highest BCUT2D eigenvalue weighted by Gasteiger charge is 2.42. The fraction of sp³-hybridized carbons (Fsp3) is 0.769. The standard InChI is InChI=1S/C13H21N3O3S/c1-9-13(10(2)15-14-9)20(17,18)16-7-8-19-12-6-4-3-5-11(12)16/h11-12H,3-8H2,1-2H3,(H,14,15)/t11-,12-/m1/s1. The highest BCUT2D eigenvalue weighted by atomic mass is 32.2. The average Bonchev–Trinajstić information content (AvgIpc) is 2.78. The largest absolute Gasteiger partial charge is 0.375 e. The minimum absolute atomic E-state index is 0.0174. The molecule has 1 aromatic heterocycles. The Hall–Kier alpha value is -0.920. The number of nitrogens with one attached hydrogen (secondary N) is 1. The number of morpholine rings is 1. The second kappa shape index (κ2) is 5.13. The Balaban J connectivity index is 1.98. The van der Waals surface area contributed by atoms with Gasteiger partial charge in [0.05, 0.1) is 30.1 Å². The first-order chi connectivity index (χ1) is 9.51. The lowest BCUT2D eigenvalue weighted by atomic mass is 9.91. The van der Waals surface area contributed by atoms with E-state index >= 15 is 0 Å². The van der Waals surface area contributed by atoms with Gasteiger partial charge in [0.15, 0.2) is 0 Å². The van der Waals surface area contributed by atoms with Crippen molar-refractivity contribution in [3.63, 3.8) is 0 Å². The smallest absolute Gasteiger partial charge is 0.247 e. The Kier molecular flexibility index (Phi) is 3.60. The van der Waals surface area contributed by atoms with Crippen LogP contribution in [0.15, 0.2) is 4.90 Å². The van der Waals surface area contributed by atoms with Crippen molar-refractivity contribution < 1.29 is 13.2 Å². The van der Waals surface area contributed by atoms with E-state index in [0.29, 0.717) is 29.4 Å². The molecular weight excluding hydrogens is 278 g/mol. The molecule has 1 saturated carbocycles. The predicted molar refractivity (Wildman–Crippen MR) is 73.9 cm³/mol. The lowest BCUT2D eigenvalue weighted by molar-refractivity contribution is -0.0586. The number of ether oxygens (including phenoxy) is 1. The second-order valence-corrected chi connectivity index (χ2v) is 7.47. The maximum atomic E-state index is 13.0. The minimum Gasteiger partial charge on any atom is -0.375 e. The molecule has 1 aliphatic carbocycles. The molecule has 0 amide bonds. The summed E-state index contributed by atoms with van der Waals surface area (Å²) in [4.78, 5) is 0.337. The molecule has 2 fully saturated rings. The van der Waals surface area contributed by atoms with Crippen LogP contribution in [-0.4, -0.2) is 48.2 Å². The van der Waals surface area contributed by atoms with E-state index in [9.17, 15) is 8.42 Å². The number of H-pyrrole nitrogens is 1. The Morgan fingerprint density at radius 3 is 2.75 bits per heavy atom. The van der Waals surface area contributed by atoms with E-state index in [0.717, 1.165) is 25.7 Å². The molecule has 1 aliphatic heterocycles. The fourth-order valence-corrected chi connectivity index (χ4v) is 5.40. The summed E-state index contributed by atoms with van der Waals surface area (Å²) in [5.41, 5.74) is 1.16. The zero-order valence-corrected chi connectivity index (χ0v) is 12.7. The summed E-state index contributed by atoms with van der Waals surface area (Å²) in [5, 5.41) is 6.79. The quantitative estimate of drug-likeness (QED) is 0.894. The number of hydrogen-bond donors (Lipinski definition) is 1. The number of fused-ring (bicyclic) bond motifs is 1. The topological polar surface area (TPSA) is 75.3 Å². The van der Waals surface area contributed by atoms with Crippen molar-refractivity contribution in [2.45, 2.75) is 56.6 Å². The number of sulfonamides is 1. The summed E-state index contributed by atoms with van der Waals surface area (Å²) in [6.45, 7) is 4.41. The lowest BCUT2D eigenvalue weighted by Gasteiger charge is -2.42. The Morgan fingerprint density at radius 1 is 1.30 bits per heavy atom. The van der Waals surface area contributed by atoms with Crippen LogP contribution in [0, 0.1) is 13.8 Å². The molecule has 112 valence electrons. The Labute approximate surface area is 119 Å². The summed E-state index contributed by atoms with van der Waals surface area (Å²) in [6, 6.07) is -0.0174. The van der Waals surface area contributed by atoms with Gasteiger partial charge in [-0.3, -0.25) is 5.10 Å². The van der Waals surface area contributed by atoms with E-state index in [1.54, 1.807) is 18.2 Å². The fourth-order valence-electron chi connectivity index (χ4n) is 3.40. The maximum absolute atomic E-state index is 13.0. The van der Waals surface area contributed by atoms with E-state index in [1.807, 2.05) is 0 Å². The van der Waals surface area contributed by atoms with Crippen LogP contribution in [0.2, 0.25) is 0 Å². The number of aromatic nitrogens is 2. The summed E-state index contributed by atoms with van der Waals surface area (Å²) in [7, 11) is -3.49. The summed E-state index contributed by atoms with van der Waals surface area (Å²) >= 11 is 0. The third-order valence-electron chi connectivity index (χ3n) is 4.31. The molecule has 0 spiro atoms. The molecule has 0 bridgehead atoms. The van der Waals surface area contributed by atoms with Crippen molar-refractivity contribution in [2.75, 3.05) is 13.2 Å². The normalized spacial score (nSPS) is 28.3. The van der Waals surface area contributed by atoms with Crippen LogP contribution in [-0.2, 0) is 14.8 Å². The van der Waals surface area contributed by atoms with Gasteiger partial charge in [0.25, 0.3) is 0 Å². The van der Waals surface area contributed by atoms with Crippen LogP contribution in [0.1, 0.15) is 37.1 Å². The monoisotopic (exact) mass is 299 g/mol. The number of nitrogens with zero attached hydrogens (tertiary/aromatic N) is 2. The van der Waals surface area contributed by atoms with E-state index in [4.69, 9.17) is 4.74 Å². The van der Waals surface area contributed by atoms with Gasteiger partial charge in [-0.2, -0.15) is 9.40 Å². The van der Waals surface area contributed by atoms with Crippen LogP contribution >= 0.6 is 0 Å². The van der Waals surface area contributed by atoms with E-state index < -0.39 is 10.0 Å². The van der Waals surface area contributed by atoms with Gasteiger partial charge >= 0.3 is 0 Å². The highest BCUT2D eigenvalue weighted by Crippen LogP contribution is 2.33. The molecule has 2 atom stereocenters. The summed E-state index contributed by atoms with van der Waals surface area (Å²) in [5.74, 6) is 0.